The molecule has 120 valence electrons. The lowest BCUT2D eigenvalue weighted by molar-refractivity contribution is 0.0914. The Balaban J connectivity index is 1.95. The first-order chi connectivity index (χ1) is 10.8. The molecule has 1 aromatic carbocycles. The lowest BCUT2D eigenvalue weighted by atomic mass is 10.1. The number of carbonyl (C=O) groups excluding carboxylic acids is 1. The number of rotatable bonds is 2. The minimum Gasteiger partial charge on any atom is -0.346 e. The number of aromatic nitrogens is 2. The van der Waals surface area contributed by atoms with Gasteiger partial charge in [-0.05, 0) is 45.7 Å². The SMILES string of the molecule is Cc1nc(C(=O)NC(C)(C)C)cc(N2CCc3ccccc32)n1. The highest BCUT2D eigenvalue weighted by atomic mass is 16.2. The Morgan fingerprint density at radius 3 is 2.70 bits per heavy atom. The Morgan fingerprint density at radius 2 is 1.96 bits per heavy atom. The zero-order valence-electron chi connectivity index (χ0n) is 14.1. The van der Waals surface area contributed by atoms with Crippen molar-refractivity contribution < 1.29 is 4.79 Å². The predicted octanol–water partition coefficient (Wildman–Crippen LogP) is 3.01. The molecule has 0 aliphatic carbocycles. The van der Waals surface area contributed by atoms with E-state index < -0.39 is 0 Å². The lowest BCUT2D eigenvalue weighted by Gasteiger charge is -2.22. The van der Waals surface area contributed by atoms with E-state index in [9.17, 15) is 4.79 Å². The maximum Gasteiger partial charge on any atom is 0.270 e. The van der Waals surface area contributed by atoms with Gasteiger partial charge in [-0.1, -0.05) is 18.2 Å². The lowest BCUT2D eigenvalue weighted by Crippen LogP contribution is -2.41. The fourth-order valence-electron chi connectivity index (χ4n) is 2.79. The smallest absolute Gasteiger partial charge is 0.270 e. The van der Waals surface area contributed by atoms with Crippen molar-refractivity contribution in [3.05, 3.63) is 47.4 Å². The largest absolute Gasteiger partial charge is 0.346 e. The highest BCUT2D eigenvalue weighted by Crippen LogP contribution is 2.33. The summed E-state index contributed by atoms with van der Waals surface area (Å²) in [5, 5.41) is 2.95. The molecule has 3 rings (SSSR count). The normalized spacial score (nSPS) is 13.8. The minimum atomic E-state index is -0.295. The summed E-state index contributed by atoms with van der Waals surface area (Å²) >= 11 is 0. The molecule has 1 amide bonds. The number of aryl methyl sites for hydroxylation is 1. The molecule has 0 saturated heterocycles. The molecule has 23 heavy (non-hydrogen) atoms. The minimum absolute atomic E-state index is 0.170. The molecule has 1 aromatic heterocycles. The summed E-state index contributed by atoms with van der Waals surface area (Å²) in [5.41, 5.74) is 2.58. The van der Waals surface area contributed by atoms with E-state index in [4.69, 9.17) is 0 Å². The van der Waals surface area contributed by atoms with Crippen LogP contribution >= 0.6 is 0 Å². The first-order valence-electron chi connectivity index (χ1n) is 7.87. The van der Waals surface area contributed by atoms with Gasteiger partial charge in [0.1, 0.15) is 17.3 Å². The summed E-state index contributed by atoms with van der Waals surface area (Å²) in [6.45, 7) is 8.55. The summed E-state index contributed by atoms with van der Waals surface area (Å²) in [5.74, 6) is 1.21. The van der Waals surface area contributed by atoms with Crippen LogP contribution < -0.4 is 10.2 Å². The molecule has 1 aliphatic rings. The van der Waals surface area contributed by atoms with Crippen molar-refractivity contribution in [2.24, 2.45) is 0 Å². The topological polar surface area (TPSA) is 58.1 Å². The molecule has 0 radical (unpaired) electrons. The maximum absolute atomic E-state index is 12.4. The van der Waals surface area contributed by atoms with Crippen LogP contribution in [-0.2, 0) is 6.42 Å². The number of benzene rings is 1. The van der Waals surface area contributed by atoms with Crippen LogP contribution in [0.25, 0.3) is 0 Å². The zero-order chi connectivity index (χ0) is 16.6. The average Bonchev–Trinajstić information content (AvgIpc) is 2.88. The van der Waals surface area contributed by atoms with E-state index in [1.54, 1.807) is 6.07 Å². The number of nitrogens with zero attached hydrogens (tertiary/aromatic N) is 3. The number of para-hydroxylation sites is 1. The van der Waals surface area contributed by atoms with Crippen LogP contribution in [0.15, 0.2) is 30.3 Å². The van der Waals surface area contributed by atoms with Crippen molar-refractivity contribution in [1.82, 2.24) is 15.3 Å². The van der Waals surface area contributed by atoms with Crippen LogP contribution in [0, 0.1) is 6.92 Å². The van der Waals surface area contributed by atoms with Crippen molar-refractivity contribution >= 4 is 17.4 Å². The van der Waals surface area contributed by atoms with E-state index in [0.29, 0.717) is 11.5 Å². The van der Waals surface area contributed by atoms with Crippen LogP contribution in [0.3, 0.4) is 0 Å². The quantitative estimate of drug-likeness (QED) is 0.926. The number of hydrogen-bond donors (Lipinski definition) is 1. The number of anilines is 2. The van der Waals surface area contributed by atoms with Gasteiger partial charge in [-0.3, -0.25) is 4.79 Å². The van der Waals surface area contributed by atoms with Gasteiger partial charge in [-0.25, -0.2) is 9.97 Å². The van der Waals surface area contributed by atoms with Gasteiger partial charge in [0, 0.05) is 23.8 Å². The first kappa shape index (κ1) is 15.5. The van der Waals surface area contributed by atoms with Crippen LogP contribution in [0.1, 0.15) is 42.6 Å². The van der Waals surface area contributed by atoms with Crippen molar-refractivity contribution in [3.8, 4) is 0 Å². The van der Waals surface area contributed by atoms with E-state index in [2.05, 4.69) is 38.4 Å². The molecule has 2 heterocycles. The Morgan fingerprint density at radius 1 is 1.22 bits per heavy atom. The van der Waals surface area contributed by atoms with Gasteiger partial charge < -0.3 is 10.2 Å². The Hall–Kier alpha value is -2.43. The van der Waals surface area contributed by atoms with Crippen molar-refractivity contribution in [3.63, 3.8) is 0 Å². The molecule has 0 bridgehead atoms. The van der Waals surface area contributed by atoms with Gasteiger partial charge in [-0.15, -0.1) is 0 Å². The van der Waals surface area contributed by atoms with E-state index in [0.717, 1.165) is 24.5 Å². The molecule has 0 saturated carbocycles. The molecule has 0 unspecified atom stereocenters. The molecule has 1 aliphatic heterocycles. The van der Waals surface area contributed by atoms with Crippen LogP contribution in [-0.4, -0.2) is 28.0 Å². The first-order valence-corrected chi connectivity index (χ1v) is 7.87. The number of amides is 1. The fraction of sp³-hybridized carbons (Fsp3) is 0.389. The third kappa shape index (κ3) is 3.33. The molecular weight excluding hydrogens is 288 g/mol. The Bertz CT molecular complexity index is 749. The maximum atomic E-state index is 12.4. The van der Waals surface area contributed by atoms with Crippen molar-refractivity contribution in [2.75, 3.05) is 11.4 Å². The fourth-order valence-corrected chi connectivity index (χ4v) is 2.79. The van der Waals surface area contributed by atoms with E-state index in [1.165, 1.54) is 5.56 Å². The highest BCUT2D eigenvalue weighted by Gasteiger charge is 2.23. The Kier molecular flexibility index (Phi) is 3.80. The number of fused-ring (bicyclic) bond motifs is 1. The summed E-state index contributed by atoms with van der Waals surface area (Å²) in [4.78, 5) is 23.4. The third-order valence-electron chi connectivity index (χ3n) is 3.71. The van der Waals surface area contributed by atoms with Crippen LogP contribution in [0.5, 0.6) is 0 Å². The third-order valence-corrected chi connectivity index (χ3v) is 3.71. The predicted molar refractivity (Wildman–Crippen MR) is 91.1 cm³/mol. The number of nitrogens with one attached hydrogen (secondary N) is 1. The van der Waals surface area contributed by atoms with E-state index in [1.807, 2.05) is 33.8 Å². The monoisotopic (exact) mass is 310 g/mol. The highest BCUT2D eigenvalue weighted by molar-refractivity contribution is 5.93. The second-order valence-corrected chi connectivity index (χ2v) is 6.89. The molecule has 0 atom stereocenters. The van der Waals surface area contributed by atoms with Gasteiger partial charge in [0.15, 0.2) is 0 Å². The summed E-state index contributed by atoms with van der Waals surface area (Å²) in [7, 11) is 0. The summed E-state index contributed by atoms with van der Waals surface area (Å²) in [6, 6.07) is 10.1. The van der Waals surface area contributed by atoms with E-state index >= 15 is 0 Å². The number of carbonyl (C=O) groups is 1. The van der Waals surface area contributed by atoms with Crippen LogP contribution in [0.2, 0.25) is 0 Å². The Labute approximate surface area is 136 Å². The number of hydrogen-bond acceptors (Lipinski definition) is 4. The van der Waals surface area contributed by atoms with E-state index in [-0.39, 0.29) is 11.4 Å². The second-order valence-electron chi connectivity index (χ2n) is 6.89. The molecule has 5 nitrogen and oxygen atoms in total. The molecule has 0 fully saturated rings. The molecule has 2 aromatic rings. The second kappa shape index (κ2) is 5.65. The molecule has 5 heteroatoms. The average molecular weight is 310 g/mol. The summed E-state index contributed by atoms with van der Waals surface area (Å²) < 4.78 is 0. The summed E-state index contributed by atoms with van der Waals surface area (Å²) in [6.07, 6.45) is 0.989. The van der Waals surface area contributed by atoms with Gasteiger partial charge in [-0.2, -0.15) is 0 Å². The van der Waals surface area contributed by atoms with Gasteiger partial charge in [0.05, 0.1) is 0 Å². The van der Waals surface area contributed by atoms with Crippen molar-refractivity contribution in [1.29, 1.82) is 0 Å². The van der Waals surface area contributed by atoms with Gasteiger partial charge in [0.25, 0.3) is 5.91 Å². The van der Waals surface area contributed by atoms with Crippen molar-refractivity contribution in [2.45, 2.75) is 39.7 Å². The van der Waals surface area contributed by atoms with Crippen LogP contribution in [0.4, 0.5) is 11.5 Å². The standard InChI is InChI=1S/C18H22N4O/c1-12-19-14(17(23)21-18(2,3)4)11-16(20-12)22-10-9-13-7-5-6-8-15(13)22/h5-8,11H,9-10H2,1-4H3,(H,21,23). The van der Waals surface area contributed by atoms with Gasteiger partial charge >= 0.3 is 0 Å². The molecule has 0 spiro atoms. The van der Waals surface area contributed by atoms with Gasteiger partial charge in [0.2, 0.25) is 0 Å². The molecular formula is C18H22N4O. The molecule has 1 N–H and O–H groups in total. The zero-order valence-corrected chi connectivity index (χ0v) is 14.1.